The molecule has 1 fully saturated rings. The Balaban J connectivity index is 1.93. The van der Waals surface area contributed by atoms with Crippen molar-refractivity contribution in [1.29, 1.82) is 0 Å². The van der Waals surface area contributed by atoms with Gasteiger partial charge in [-0.2, -0.15) is 0 Å². The van der Waals surface area contributed by atoms with Crippen LogP contribution in [0.3, 0.4) is 0 Å². The highest BCUT2D eigenvalue weighted by atomic mass is 79.9. The van der Waals surface area contributed by atoms with Crippen LogP contribution in [0.15, 0.2) is 16.9 Å². The molecule has 1 aromatic rings. The van der Waals surface area contributed by atoms with Gasteiger partial charge in [-0.1, -0.05) is 0 Å². The summed E-state index contributed by atoms with van der Waals surface area (Å²) in [5, 5.41) is 2.90. The Morgan fingerprint density at radius 2 is 2.29 bits per heavy atom. The van der Waals surface area contributed by atoms with Crippen LogP contribution in [0, 0.1) is 5.92 Å². The number of hydrogen-bond acceptors (Lipinski definition) is 4. The predicted octanol–water partition coefficient (Wildman–Crippen LogP) is 1.45. The summed E-state index contributed by atoms with van der Waals surface area (Å²) in [6, 6.07) is -0.184. The number of amides is 1. The number of nitrogens with one attached hydrogen (secondary N) is 1. The topological polar surface area (TPSA) is 64.1 Å². The third kappa shape index (κ3) is 3.23. The van der Waals surface area contributed by atoms with Gasteiger partial charge in [0.1, 0.15) is 5.82 Å². The molecule has 0 bridgehead atoms. The van der Waals surface area contributed by atoms with E-state index in [9.17, 15) is 4.79 Å². The van der Waals surface area contributed by atoms with Gasteiger partial charge in [0, 0.05) is 19.0 Å². The van der Waals surface area contributed by atoms with E-state index in [1.54, 1.807) is 12.4 Å². The quantitative estimate of drug-likeness (QED) is 0.917. The second kappa shape index (κ2) is 5.55. The average Bonchev–Trinajstić information content (AvgIpc) is 2.83. The molecule has 5 nitrogen and oxygen atoms in total. The SMILES string of the molecule is CC(NC(=O)C1CCOC1)c1ncc(Br)cn1. The van der Waals surface area contributed by atoms with E-state index in [1.807, 2.05) is 6.92 Å². The fourth-order valence-electron chi connectivity index (χ4n) is 1.68. The monoisotopic (exact) mass is 299 g/mol. The first kappa shape index (κ1) is 12.4. The van der Waals surface area contributed by atoms with E-state index in [-0.39, 0.29) is 17.9 Å². The molecule has 2 unspecified atom stereocenters. The lowest BCUT2D eigenvalue weighted by Gasteiger charge is -2.15. The largest absolute Gasteiger partial charge is 0.381 e. The highest BCUT2D eigenvalue weighted by molar-refractivity contribution is 9.10. The standard InChI is InChI=1S/C11H14BrN3O2/c1-7(10-13-4-9(12)5-14-10)15-11(16)8-2-3-17-6-8/h4-5,7-8H,2-3,6H2,1H3,(H,15,16). The van der Waals surface area contributed by atoms with Crippen LogP contribution in [-0.2, 0) is 9.53 Å². The summed E-state index contributed by atoms with van der Waals surface area (Å²) in [4.78, 5) is 20.1. The lowest BCUT2D eigenvalue weighted by atomic mass is 10.1. The van der Waals surface area contributed by atoms with Gasteiger partial charge in [-0.25, -0.2) is 9.97 Å². The number of ether oxygens (including phenoxy) is 1. The molecule has 2 heterocycles. The van der Waals surface area contributed by atoms with Gasteiger partial charge in [0.2, 0.25) is 5.91 Å². The highest BCUT2D eigenvalue weighted by Gasteiger charge is 2.25. The number of carbonyl (C=O) groups is 1. The molecule has 1 aliphatic heterocycles. The first-order valence-corrected chi connectivity index (χ1v) is 6.31. The van der Waals surface area contributed by atoms with Gasteiger partial charge in [0.05, 0.1) is 23.0 Å². The fourth-order valence-corrected chi connectivity index (χ4v) is 1.89. The molecule has 1 saturated heterocycles. The van der Waals surface area contributed by atoms with Gasteiger partial charge in [0.15, 0.2) is 0 Å². The molecule has 0 aromatic carbocycles. The zero-order chi connectivity index (χ0) is 12.3. The van der Waals surface area contributed by atoms with E-state index < -0.39 is 0 Å². The van der Waals surface area contributed by atoms with Crippen LogP contribution >= 0.6 is 15.9 Å². The molecule has 0 aliphatic carbocycles. The van der Waals surface area contributed by atoms with Crippen molar-refractivity contribution in [2.24, 2.45) is 5.92 Å². The van der Waals surface area contributed by atoms with Crippen molar-refractivity contribution in [3.63, 3.8) is 0 Å². The molecule has 0 spiro atoms. The zero-order valence-electron chi connectivity index (χ0n) is 9.52. The molecule has 2 rings (SSSR count). The zero-order valence-corrected chi connectivity index (χ0v) is 11.1. The summed E-state index contributed by atoms with van der Waals surface area (Å²) in [7, 11) is 0. The van der Waals surface area contributed by atoms with Crippen LogP contribution in [0.2, 0.25) is 0 Å². The van der Waals surface area contributed by atoms with E-state index >= 15 is 0 Å². The lowest BCUT2D eigenvalue weighted by Crippen LogP contribution is -2.33. The van der Waals surface area contributed by atoms with Crippen LogP contribution in [0.5, 0.6) is 0 Å². The van der Waals surface area contributed by atoms with Gasteiger partial charge in [-0.15, -0.1) is 0 Å². The van der Waals surface area contributed by atoms with Gasteiger partial charge < -0.3 is 10.1 Å². The summed E-state index contributed by atoms with van der Waals surface area (Å²) in [5.41, 5.74) is 0. The molecule has 1 aromatic heterocycles. The average molecular weight is 300 g/mol. The van der Waals surface area contributed by atoms with Crippen molar-refractivity contribution < 1.29 is 9.53 Å². The summed E-state index contributed by atoms with van der Waals surface area (Å²) >= 11 is 3.27. The Hall–Kier alpha value is -1.01. The Morgan fingerprint density at radius 3 is 2.88 bits per heavy atom. The predicted molar refractivity (Wildman–Crippen MR) is 65.2 cm³/mol. The number of hydrogen-bond donors (Lipinski definition) is 1. The Morgan fingerprint density at radius 1 is 1.59 bits per heavy atom. The molecular formula is C11H14BrN3O2. The number of halogens is 1. The summed E-state index contributed by atoms with van der Waals surface area (Å²) in [6.07, 6.45) is 4.13. The number of aromatic nitrogens is 2. The van der Waals surface area contributed by atoms with Crippen LogP contribution in [0.25, 0.3) is 0 Å². The molecule has 1 amide bonds. The van der Waals surface area contributed by atoms with Crippen molar-refractivity contribution in [2.75, 3.05) is 13.2 Å². The minimum atomic E-state index is -0.184. The Labute approximate surface area is 108 Å². The van der Waals surface area contributed by atoms with E-state index in [4.69, 9.17) is 4.74 Å². The molecular weight excluding hydrogens is 286 g/mol. The van der Waals surface area contributed by atoms with Crippen molar-refractivity contribution >= 4 is 21.8 Å². The van der Waals surface area contributed by atoms with E-state index in [2.05, 4.69) is 31.2 Å². The normalized spacial score (nSPS) is 21.2. The highest BCUT2D eigenvalue weighted by Crippen LogP contribution is 2.15. The smallest absolute Gasteiger partial charge is 0.226 e. The maximum absolute atomic E-state index is 11.8. The summed E-state index contributed by atoms with van der Waals surface area (Å²) < 4.78 is 6.01. The van der Waals surface area contributed by atoms with Gasteiger partial charge in [-0.3, -0.25) is 4.79 Å². The van der Waals surface area contributed by atoms with Crippen molar-refractivity contribution in [1.82, 2.24) is 15.3 Å². The van der Waals surface area contributed by atoms with Crippen LogP contribution in [-0.4, -0.2) is 29.1 Å². The minimum Gasteiger partial charge on any atom is -0.381 e. The maximum Gasteiger partial charge on any atom is 0.226 e. The summed E-state index contributed by atoms with van der Waals surface area (Å²) in [6.45, 7) is 3.05. The number of rotatable bonds is 3. The van der Waals surface area contributed by atoms with Crippen LogP contribution in [0.4, 0.5) is 0 Å². The van der Waals surface area contributed by atoms with E-state index in [1.165, 1.54) is 0 Å². The molecule has 1 aliphatic rings. The molecule has 0 radical (unpaired) electrons. The Kier molecular flexibility index (Phi) is 4.06. The van der Waals surface area contributed by atoms with Crippen molar-refractivity contribution in [3.8, 4) is 0 Å². The second-order valence-corrected chi connectivity index (χ2v) is 4.97. The van der Waals surface area contributed by atoms with E-state index in [0.29, 0.717) is 19.0 Å². The first-order chi connectivity index (χ1) is 8.16. The van der Waals surface area contributed by atoms with Gasteiger partial charge in [0.25, 0.3) is 0 Å². The Bertz CT molecular complexity index is 390. The van der Waals surface area contributed by atoms with Crippen LogP contribution in [0.1, 0.15) is 25.2 Å². The number of carbonyl (C=O) groups excluding carboxylic acids is 1. The first-order valence-electron chi connectivity index (χ1n) is 5.52. The molecule has 17 heavy (non-hydrogen) atoms. The molecule has 0 saturated carbocycles. The number of nitrogens with zero attached hydrogens (tertiary/aromatic N) is 2. The molecule has 6 heteroatoms. The molecule has 92 valence electrons. The maximum atomic E-state index is 11.8. The van der Waals surface area contributed by atoms with Gasteiger partial charge >= 0.3 is 0 Å². The van der Waals surface area contributed by atoms with Crippen molar-refractivity contribution in [3.05, 3.63) is 22.7 Å². The molecule has 1 N–H and O–H groups in total. The molecule has 2 atom stereocenters. The second-order valence-electron chi connectivity index (χ2n) is 4.05. The summed E-state index contributed by atoms with van der Waals surface area (Å²) in [5.74, 6) is 0.592. The third-order valence-electron chi connectivity index (χ3n) is 2.69. The van der Waals surface area contributed by atoms with Gasteiger partial charge in [-0.05, 0) is 29.3 Å². The minimum absolute atomic E-state index is 0.0153. The third-order valence-corrected chi connectivity index (χ3v) is 3.10. The fraction of sp³-hybridized carbons (Fsp3) is 0.545. The van der Waals surface area contributed by atoms with Crippen molar-refractivity contribution in [2.45, 2.75) is 19.4 Å². The lowest BCUT2D eigenvalue weighted by molar-refractivity contribution is -0.125. The van der Waals surface area contributed by atoms with Crippen LogP contribution < -0.4 is 5.32 Å². The van der Waals surface area contributed by atoms with E-state index in [0.717, 1.165) is 10.9 Å².